The van der Waals surface area contributed by atoms with E-state index in [0.717, 1.165) is 17.3 Å². The number of imidazole rings is 1. The molecule has 2 N–H and O–H groups in total. The van der Waals surface area contributed by atoms with Gasteiger partial charge in [-0.1, -0.05) is 13.3 Å². The van der Waals surface area contributed by atoms with Crippen molar-refractivity contribution in [2.75, 3.05) is 5.32 Å². The fraction of sp³-hybridized carbons (Fsp3) is 0.438. The number of aromatic amines is 1. The van der Waals surface area contributed by atoms with Gasteiger partial charge in [0.2, 0.25) is 0 Å². The summed E-state index contributed by atoms with van der Waals surface area (Å²) < 4.78 is 1.60. The molecule has 1 saturated carbocycles. The summed E-state index contributed by atoms with van der Waals surface area (Å²) in [7, 11) is 0. The van der Waals surface area contributed by atoms with Crippen molar-refractivity contribution in [3.05, 3.63) is 47.1 Å². The van der Waals surface area contributed by atoms with Crippen LogP contribution in [-0.4, -0.2) is 15.6 Å². The van der Waals surface area contributed by atoms with Crippen LogP contribution in [0, 0.1) is 5.92 Å². The Balaban J connectivity index is 1.68. The lowest BCUT2D eigenvalue weighted by Gasteiger charge is -2.14. The molecule has 1 aliphatic carbocycles. The zero-order chi connectivity index (χ0) is 13.9. The smallest absolute Gasteiger partial charge is 0.330 e. The van der Waals surface area contributed by atoms with Crippen molar-refractivity contribution in [1.82, 2.24) is 9.55 Å². The van der Waals surface area contributed by atoms with Crippen LogP contribution < -0.4 is 11.0 Å². The number of nitrogens with zero attached hydrogens (tertiary/aromatic N) is 1. The Kier molecular flexibility index (Phi) is 3.63. The van der Waals surface area contributed by atoms with Crippen LogP contribution in [0.4, 0.5) is 5.69 Å². The molecule has 0 aliphatic heterocycles. The van der Waals surface area contributed by atoms with Gasteiger partial charge in [-0.3, -0.25) is 4.57 Å². The van der Waals surface area contributed by atoms with Crippen LogP contribution in [0.15, 0.2) is 41.5 Å². The molecule has 1 aromatic heterocycles. The molecule has 3 rings (SSSR count). The third kappa shape index (κ3) is 2.64. The maximum Gasteiger partial charge on any atom is 0.330 e. The quantitative estimate of drug-likeness (QED) is 0.897. The van der Waals surface area contributed by atoms with Crippen molar-refractivity contribution >= 4 is 5.69 Å². The molecule has 0 bridgehead atoms. The minimum Gasteiger partial charge on any atom is -0.382 e. The monoisotopic (exact) mass is 271 g/mol. The van der Waals surface area contributed by atoms with Crippen LogP contribution in [0.2, 0.25) is 0 Å². The molecule has 1 aliphatic rings. The molecular formula is C16H21N3O. The first kappa shape index (κ1) is 13.0. The highest BCUT2D eigenvalue weighted by molar-refractivity contribution is 5.49. The maximum absolute atomic E-state index is 11.5. The number of hydrogen-bond acceptors (Lipinski definition) is 2. The lowest BCUT2D eigenvalue weighted by Crippen LogP contribution is -2.16. The molecule has 2 aromatic rings. The van der Waals surface area contributed by atoms with Gasteiger partial charge in [0, 0.05) is 24.1 Å². The van der Waals surface area contributed by atoms with Gasteiger partial charge < -0.3 is 10.3 Å². The summed E-state index contributed by atoms with van der Waals surface area (Å²) in [6.45, 7) is 2.27. The molecule has 106 valence electrons. The fourth-order valence-corrected chi connectivity index (χ4v) is 3.05. The Morgan fingerprint density at radius 1 is 1.30 bits per heavy atom. The largest absolute Gasteiger partial charge is 0.382 e. The van der Waals surface area contributed by atoms with Gasteiger partial charge in [-0.25, -0.2) is 4.79 Å². The van der Waals surface area contributed by atoms with Crippen molar-refractivity contribution in [2.24, 2.45) is 5.92 Å². The third-order valence-corrected chi connectivity index (χ3v) is 4.28. The highest BCUT2D eigenvalue weighted by Gasteiger charge is 2.22. The second-order valence-electron chi connectivity index (χ2n) is 5.61. The first-order chi connectivity index (χ1) is 9.76. The van der Waals surface area contributed by atoms with E-state index in [-0.39, 0.29) is 5.69 Å². The lowest BCUT2D eigenvalue weighted by atomic mass is 10.1. The van der Waals surface area contributed by atoms with Crippen molar-refractivity contribution in [1.29, 1.82) is 0 Å². The van der Waals surface area contributed by atoms with Crippen molar-refractivity contribution in [3.8, 4) is 5.69 Å². The molecule has 0 spiro atoms. The summed E-state index contributed by atoms with van der Waals surface area (Å²) in [5.74, 6) is 0.880. The van der Waals surface area contributed by atoms with E-state index in [4.69, 9.17) is 0 Å². The minimum absolute atomic E-state index is 0.104. The van der Waals surface area contributed by atoms with Gasteiger partial charge in [-0.15, -0.1) is 0 Å². The number of rotatable bonds is 4. The molecule has 0 amide bonds. The molecule has 1 heterocycles. The van der Waals surface area contributed by atoms with E-state index in [2.05, 4.69) is 17.2 Å². The van der Waals surface area contributed by atoms with Crippen LogP contribution in [-0.2, 0) is 0 Å². The summed E-state index contributed by atoms with van der Waals surface area (Å²) in [6.07, 6.45) is 8.55. The highest BCUT2D eigenvalue weighted by atomic mass is 16.1. The van der Waals surface area contributed by atoms with E-state index in [9.17, 15) is 4.79 Å². The molecule has 1 aromatic carbocycles. The zero-order valence-corrected chi connectivity index (χ0v) is 11.8. The molecule has 4 nitrogen and oxygen atoms in total. The fourth-order valence-electron chi connectivity index (χ4n) is 3.05. The molecule has 2 atom stereocenters. The van der Waals surface area contributed by atoms with E-state index in [1.165, 1.54) is 25.7 Å². The first-order valence-electron chi connectivity index (χ1n) is 7.39. The normalized spacial score (nSPS) is 22.1. The number of nitrogens with one attached hydrogen (secondary N) is 2. The summed E-state index contributed by atoms with van der Waals surface area (Å²) >= 11 is 0. The Hall–Kier alpha value is -1.97. The Morgan fingerprint density at radius 3 is 2.70 bits per heavy atom. The van der Waals surface area contributed by atoms with Gasteiger partial charge in [0.15, 0.2) is 0 Å². The SMILES string of the molecule is CCC1CCC(Nc2ccc(-n3cc[nH]c3=O)cc2)C1. The number of anilines is 1. The number of hydrogen-bond donors (Lipinski definition) is 2. The topological polar surface area (TPSA) is 49.8 Å². The van der Waals surface area contributed by atoms with Crippen molar-refractivity contribution in [3.63, 3.8) is 0 Å². The van der Waals surface area contributed by atoms with Crippen LogP contribution >= 0.6 is 0 Å². The molecule has 4 heteroatoms. The van der Waals surface area contributed by atoms with Crippen LogP contribution in [0.3, 0.4) is 0 Å². The predicted octanol–water partition coefficient (Wildman–Crippen LogP) is 3.16. The van der Waals surface area contributed by atoms with Crippen LogP contribution in [0.25, 0.3) is 5.69 Å². The van der Waals surface area contributed by atoms with Crippen LogP contribution in [0.1, 0.15) is 32.6 Å². The van der Waals surface area contributed by atoms with Crippen molar-refractivity contribution in [2.45, 2.75) is 38.6 Å². The summed E-state index contributed by atoms with van der Waals surface area (Å²) in [4.78, 5) is 14.2. The van der Waals surface area contributed by atoms with E-state index < -0.39 is 0 Å². The molecule has 0 saturated heterocycles. The number of aromatic nitrogens is 2. The van der Waals surface area contributed by atoms with Crippen molar-refractivity contribution < 1.29 is 0 Å². The highest BCUT2D eigenvalue weighted by Crippen LogP contribution is 2.30. The third-order valence-electron chi connectivity index (χ3n) is 4.28. The molecule has 1 fully saturated rings. The van der Waals surface area contributed by atoms with E-state index in [1.54, 1.807) is 17.0 Å². The predicted molar refractivity (Wildman–Crippen MR) is 81.4 cm³/mol. The Labute approximate surface area is 118 Å². The van der Waals surface area contributed by atoms with E-state index in [1.807, 2.05) is 24.3 Å². The van der Waals surface area contributed by atoms with Crippen LogP contribution in [0.5, 0.6) is 0 Å². The zero-order valence-electron chi connectivity index (χ0n) is 11.8. The van der Waals surface area contributed by atoms with E-state index >= 15 is 0 Å². The van der Waals surface area contributed by atoms with Gasteiger partial charge >= 0.3 is 5.69 Å². The van der Waals surface area contributed by atoms with Gasteiger partial charge in [-0.2, -0.15) is 0 Å². The summed E-state index contributed by atoms with van der Waals surface area (Å²) in [5, 5.41) is 3.60. The number of benzene rings is 1. The molecule has 2 unspecified atom stereocenters. The lowest BCUT2D eigenvalue weighted by molar-refractivity contribution is 0.525. The second kappa shape index (κ2) is 5.57. The maximum atomic E-state index is 11.5. The average Bonchev–Trinajstić information content (AvgIpc) is 3.09. The van der Waals surface area contributed by atoms with Gasteiger partial charge in [0.1, 0.15) is 0 Å². The average molecular weight is 271 g/mol. The minimum atomic E-state index is -0.104. The molecule has 0 radical (unpaired) electrons. The molecular weight excluding hydrogens is 250 g/mol. The Bertz CT molecular complexity index is 611. The van der Waals surface area contributed by atoms with Gasteiger partial charge in [0.25, 0.3) is 0 Å². The molecule has 20 heavy (non-hydrogen) atoms. The summed E-state index contributed by atoms with van der Waals surface area (Å²) in [5.41, 5.74) is 1.92. The standard InChI is InChI=1S/C16H21N3O/c1-2-12-3-4-14(11-12)18-13-5-7-15(8-6-13)19-10-9-17-16(19)20/h5-10,12,14,18H,2-4,11H2,1H3,(H,17,20). The van der Waals surface area contributed by atoms with Gasteiger partial charge in [0.05, 0.1) is 5.69 Å². The number of H-pyrrole nitrogens is 1. The van der Waals surface area contributed by atoms with Gasteiger partial charge in [-0.05, 0) is 49.4 Å². The first-order valence-corrected chi connectivity index (χ1v) is 7.39. The summed E-state index contributed by atoms with van der Waals surface area (Å²) in [6, 6.07) is 8.65. The second-order valence-corrected chi connectivity index (χ2v) is 5.61. The Morgan fingerprint density at radius 2 is 2.10 bits per heavy atom. The van der Waals surface area contributed by atoms with E-state index in [0.29, 0.717) is 6.04 Å².